The highest BCUT2D eigenvalue weighted by atomic mass is 16.5. The molecule has 1 aromatic heterocycles. The van der Waals surface area contributed by atoms with Crippen molar-refractivity contribution in [1.29, 1.82) is 0 Å². The van der Waals surface area contributed by atoms with E-state index in [2.05, 4.69) is 47.8 Å². The second-order valence-electron chi connectivity index (χ2n) is 6.65. The van der Waals surface area contributed by atoms with E-state index in [0.29, 0.717) is 12.1 Å². The van der Waals surface area contributed by atoms with E-state index >= 15 is 0 Å². The van der Waals surface area contributed by atoms with Crippen LogP contribution in [0.4, 0.5) is 11.8 Å². The number of anilines is 2. The van der Waals surface area contributed by atoms with Crippen LogP contribution in [0.2, 0.25) is 0 Å². The monoisotopic (exact) mass is 321 g/mol. The molecule has 2 heterocycles. The van der Waals surface area contributed by atoms with Gasteiger partial charge in [0.05, 0.1) is 13.2 Å². The molecule has 1 N–H and O–H groups in total. The number of ether oxygens (including phenoxy) is 1. The van der Waals surface area contributed by atoms with Gasteiger partial charge in [-0.15, -0.1) is 0 Å². The third-order valence-electron chi connectivity index (χ3n) is 4.24. The van der Waals surface area contributed by atoms with Crippen LogP contribution in [0.15, 0.2) is 6.20 Å². The van der Waals surface area contributed by atoms with Gasteiger partial charge in [0.1, 0.15) is 5.82 Å². The summed E-state index contributed by atoms with van der Waals surface area (Å²) in [6.45, 7) is 16.1. The van der Waals surface area contributed by atoms with E-state index in [-0.39, 0.29) is 0 Å². The topological polar surface area (TPSA) is 53.5 Å². The van der Waals surface area contributed by atoms with E-state index in [1.54, 1.807) is 0 Å². The molecule has 23 heavy (non-hydrogen) atoms. The summed E-state index contributed by atoms with van der Waals surface area (Å²) in [4.78, 5) is 13.8. The van der Waals surface area contributed by atoms with Crippen LogP contribution < -0.4 is 10.2 Å². The molecule has 2 rings (SSSR count). The van der Waals surface area contributed by atoms with E-state index in [9.17, 15) is 0 Å². The minimum atomic E-state index is 0.548. The largest absolute Gasteiger partial charge is 0.378 e. The van der Waals surface area contributed by atoms with Crippen molar-refractivity contribution in [2.45, 2.75) is 46.7 Å². The molecule has 0 spiro atoms. The average molecular weight is 321 g/mol. The minimum absolute atomic E-state index is 0.548. The summed E-state index contributed by atoms with van der Waals surface area (Å²) in [5.74, 6) is 1.74. The predicted molar refractivity (Wildman–Crippen MR) is 95.3 cm³/mol. The van der Waals surface area contributed by atoms with Gasteiger partial charge in [0, 0.05) is 50.0 Å². The molecule has 0 aliphatic carbocycles. The summed E-state index contributed by atoms with van der Waals surface area (Å²) >= 11 is 0. The molecular weight excluding hydrogens is 290 g/mol. The van der Waals surface area contributed by atoms with E-state index in [1.165, 1.54) is 0 Å². The maximum atomic E-state index is 5.39. The summed E-state index contributed by atoms with van der Waals surface area (Å²) in [5.41, 5.74) is 1.09. The van der Waals surface area contributed by atoms with Gasteiger partial charge in [-0.3, -0.25) is 4.90 Å². The number of hydrogen-bond donors (Lipinski definition) is 1. The van der Waals surface area contributed by atoms with Gasteiger partial charge in [-0.2, -0.15) is 4.98 Å². The van der Waals surface area contributed by atoms with Gasteiger partial charge in [0.15, 0.2) is 0 Å². The Morgan fingerprint density at radius 3 is 2.48 bits per heavy atom. The average Bonchev–Trinajstić information content (AvgIpc) is 2.53. The van der Waals surface area contributed by atoms with E-state index in [1.807, 2.05) is 13.1 Å². The number of nitrogens with one attached hydrogen (secondary N) is 1. The van der Waals surface area contributed by atoms with Crippen LogP contribution in [0.25, 0.3) is 0 Å². The van der Waals surface area contributed by atoms with E-state index in [0.717, 1.165) is 56.7 Å². The molecule has 0 saturated carbocycles. The Morgan fingerprint density at radius 1 is 1.22 bits per heavy atom. The van der Waals surface area contributed by atoms with Crippen LogP contribution in [0.3, 0.4) is 0 Å². The Morgan fingerprint density at radius 2 is 1.87 bits per heavy atom. The lowest BCUT2D eigenvalue weighted by atomic mass is 10.2. The lowest BCUT2D eigenvalue weighted by Gasteiger charge is -2.30. The zero-order valence-electron chi connectivity index (χ0n) is 15.2. The van der Waals surface area contributed by atoms with E-state index < -0.39 is 0 Å². The van der Waals surface area contributed by atoms with Crippen molar-refractivity contribution in [1.82, 2.24) is 14.9 Å². The summed E-state index contributed by atoms with van der Waals surface area (Å²) < 4.78 is 5.39. The third kappa shape index (κ3) is 5.04. The van der Waals surface area contributed by atoms with Crippen LogP contribution in [0, 0.1) is 6.92 Å². The molecule has 0 aromatic carbocycles. The van der Waals surface area contributed by atoms with Gasteiger partial charge in [-0.25, -0.2) is 4.98 Å². The Labute approximate surface area is 140 Å². The van der Waals surface area contributed by atoms with Gasteiger partial charge in [0.2, 0.25) is 5.95 Å². The van der Waals surface area contributed by atoms with Gasteiger partial charge >= 0.3 is 0 Å². The Kier molecular flexibility index (Phi) is 6.59. The number of hydrogen-bond acceptors (Lipinski definition) is 6. The van der Waals surface area contributed by atoms with E-state index in [4.69, 9.17) is 9.72 Å². The molecule has 1 aliphatic rings. The quantitative estimate of drug-likeness (QED) is 0.830. The molecule has 0 amide bonds. The fraction of sp³-hybridized carbons (Fsp3) is 0.765. The van der Waals surface area contributed by atoms with Crippen molar-refractivity contribution in [2.24, 2.45) is 0 Å². The van der Waals surface area contributed by atoms with Gasteiger partial charge in [-0.1, -0.05) is 0 Å². The molecule has 0 atom stereocenters. The molecule has 0 bridgehead atoms. The van der Waals surface area contributed by atoms with Gasteiger partial charge in [-0.05, 0) is 34.6 Å². The third-order valence-corrected chi connectivity index (χ3v) is 4.24. The summed E-state index contributed by atoms with van der Waals surface area (Å²) in [7, 11) is 0. The van der Waals surface area contributed by atoms with Crippen molar-refractivity contribution in [3.8, 4) is 0 Å². The van der Waals surface area contributed by atoms with Gasteiger partial charge in [0.25, 0.3) is 0 Å². The van der Waals surface area contributed by atoms with Crippen molar-refractivity contribution in [2.75, 3.05) is 49.6 Å². The molecule has 0 radical (unpaired) electrons. The SMILES string of the molecule is Cc1cnc(N2CCOCC2)nc1NCCN(C(C)C)C(C)C. The first kappa shape index (κ1) is 17.9. The zero-order chi connectivity index (χ0) is 16.8. The second-order valence-corrected chi connectivity index (χ2v) is 6.65. The van der Waals surface area contributed by atoms with Crippen molar-refractivity contribution < 1.29 is 4.74 Å². The zero-order valence-corrected chi connectivity index (χ0v) is 15.2. The normalized spacial score (nSPS) is 15.7. The fourth-order valence-electron chi connectivity index (χ4n) is 2.94. The first-order chi connectivity index (χ1) is 11.0. The van der Waals surface area contributed by atoms with Crippen LogP contribution >= 0.6 is 0 Å². The number of rotatable bonds is 7. The molecule has 1 aliphatic heterocycles. The molecule has 1 saturated heterocycles. The molecule has 6 heteroatoms. The number of morpholine rings is 1. The summed E-state index contributed by atoms with van der Waals surface area (Å²) in [5, 5.41) is 3.48. The highest BCUT2D eigenvalue weighted by Crippen LogP contribution is 2.16. The maximum Gasteiger partial charge on any atom is 0.227 e. The first-order valence-corrected chi connectivity index (χ1v) is 8.65. The molecule has 6 nitrogen and oxygen atoms in total. The Bertz CT molecular complexity index is 478. The number of aromatic nitrogens is 2. The summed E-state index contributed by atoms with van der Waals surface area (Å²) in [6.07, 6.45) is 1.91. The Balaban J connectivity index is 1.96. The summed E-state index contributed by atoms with van der Waals surface area (Å²) in [6, 6.07) is 1.10. The minimum Gasteiger partial charge on any atom is -0.378 e. The second kappa shape index (κ2) is 8.45. The van der Waals surface area contributed by atoms with Crippen LogP contribution in [-0.2, 0) is 4.74 Å². The molecule has 1 aromatic rings. The van der Waals surface area contributed by atoms with Crippen LogP contribution in [0.1, 0.15) is 33.3 Å². The molecule has 130 valence electrons. The van der Waals surface area contributed by atoms with Crippen molar-refractivity contribution in [3.05, 3.63) is 11.8 Å². The lowest BCUT2D eigenvalue weighted by molar-refractivity contribution is 0.122. The number of nitrogens with zero attached hydrogens (tertiary/aromatic N) is 4. The Hall–Kier alpha value is -1.40. The molecule has 1 fully saturated rings. The smallest absolute Gasteiger partial charge is 0.227 e. The number of aryl methyl sites for hydroxylation is 1. The predicted octanol–water partition coefficient (Wildman–Crippen LogP) is 2.15. The highest BCUT2D eigenvalue weighted by Gasteiger charge is 2.16. The lowest BCUT2D eigenvalue weighted by Crippen LogP contribution is -2.40. The van der Waals surface area contributed by atoms with Crippen molar-refractivity contribution >= 4 is 11.8 Å². The van der Waals surface area contributed by atoms with Crippen molar-refractivity contribution in [3.63, 3.8) is 0 Å². The van der Waals surface area contributed by atoms with Crippen LogP contribution in [-0.4, -0.2) is 66.3 Å². The standard InChI is InChI=1S/C17H31N5O/c1-13(2)22(14(3)4)7-6-18-16-15(5)12-19-17(20-16)21-8-10-23-11-9-21/h12-14H,6-11H2,1-5H3,(H,18,19,20). The van der Waals surface area contributed by atoms with Gasteiger partial charge < -0.3 is 15.0 Å². The first-order valence-electron chi connectivity index (χ1n) is 8.65. The molecular formula is C17H31N5O. The highest BCUT2D eigenvalue weighted by molar-refractivity contribution is 5.47. The fourth-order valence-corrected chi connectivity index (χ4v) is 2.94. The molecule has 0 unspecified atom stereocenters. The maximum absolute atomic E-state index is 5.39. The van der Waals surface area contributed by atoms with Crippen LogP contribution in [0.5, 0.6) is 0 Å².